The lowest BCUT2D eigenvalue weighted by atomic mass is 10.2. The third-order valence-corrected chi connectivity index (χ3v) is 4.45. The number of carbonyl (C=O) groups excluding carboxylic acids is 1. The minimum atomic E-state index is -0.533. The molecule has 0 aliphatic rings. The van der Waals surface area contributed by atoms with Crippen LogP contribution in [0.1, 0.15) is 20.8 Å². The van der Waals surface area contributed by atoms with Crippen LogP contribution in [0.2, 0.25) is 0 Å². The third-order valence-electron chi connectivity index (χ3n) is 2.45. The van der Waals surface area contributed by atoms with Crippen molar-refractivity contribution >= 4 is 38.4 Å². The van der Waals surface area contributed by atoms with Crippen LogP contribution >= 0.6 is 27.3 Å². The van der Waals surface area contributed by atoms with E-state index >= 15 is 0 Å². The van der Waals surface area contributed by atoms with Gasteiger partial charge in [-0.15, -0.1) is 0 Å². The van der Waals surface area contributed by atoms with E-state index in [1.54, 1.807) is 19.4 Å². The highest BCUT2D eigenvalue weighted by Gasteiger charge is 2.24. The van der Waals surface area contributed by atoms with Gasteiger partial charge in [0.25, 0.3) is 0 Å². The van der Waals surface area contributed by atoms with Gasteiger partial charge in [-0.3, -0.25) is 9.88 Å². The Balaban J connectivity index is 2.25. The molecule has 0 N–H and O–H groups in total. The van der Waals surface area contributed by atoms with Gasteiger partial charge < -0.3 is 4.74 Å². The number of ether oxygens (including phenoxy) is 1. The van der Waals surface area contributed by atoms with E-state index in [2.05, 4.69) is 25.9 Å². The van der Waals surface area contributed by atoms with Crippen LogP contribution in [0, 0.1) is 0 Å². The van der Waals surface area contributed by atoms with Crippen molar-refractivity contribution in [3.05, 3.63) is 29.1 Å². The van der Waals surface area contributed by atoms with E-state index in [9.17, 15) is 4.79 Å². The number of aromatic nitrogens is 2. The van der Waals surface area contributed by atoms with E-state index in [0.717, 1.165) is 10.6 Å². The molecule has 0 atom stereocenters. The van der Waals surface area contributed by atoms with Crippen LogP contribution in [0.25, 0.3) is 10.6 Å². The van der Waals surface area contributed by atoms with Gasteiger partial charge in [0, 0.05) is 25.0 Å². The van der Waals surface area contributed by atoms with Crippen LogP contribution in [0.4, 0.5) is 9.80 Å². The Morgan fingerprint density at radius 2 is 2.14 bits per heavy atom. The van der Waals surface area contributed by atoms with Crippen LogP contribution in [-0.4, -0.2) is 28.7 Å². The average Bonchev–Trinajstić information content (AvgIpc) is 2.79. The lowest BCUT2D eigenvalue weighted by molar-refractivity contribution is 0.0590. The molecule has 0 aliphatic carbocycles. The summed E-state index contributed by atoms with van der Waals surface area (Å²) < 4.78 is 5.97. The lowest BCUT2D eigenvalue weighted by Crippen LogP contribution is -2.33. The number of halogens is 1. The molecule has 0 aromatic carbocycles. The molecule has 0 spiro atoms. The zero-order chi connectivity index (χ0) is 15.6. The van der Waals surface area contributed by atoms with Crippen molar-refractivity contribution in [3.8, 4) is 10.6 Å². The number of thiazole rings is 1. The second kappa shape index (κ2) is 6.11. The zero-order valence-corrected chi connectivity index (χ0v) is 14.7. The summed E-state index contributed by atoms with van der Waals surface area (Å²) in [5, 5.41) is 1.49. The summed E-state index contributed by atoms with van der Waals surface area (Å²) >= 11 is 4.79. The van der Waals surface area contributed by atoms with Crippen molar-refractivity contribution in [1.29, 1.82) is 0 Å². The summed E-state index contributed by atoms with van der Waals surface area (Å²) in [4.78, 5) is 22.1. The Kier molecular flexibility index (Phi) is 4.63. The van der Waals surface area contributed by atoms with Crippen LogP contribution in [0.3, 0.4) is 0 Å². The van der Waals surface area contributed by atoms with E-state index in [1.165, 1.54) is 16.2 Å². The molecule has 7 heteroatoms. The highest BCUT2D eigenvalue weighted by atomic mass is 79.9. The van der Waals surface area contributed by atoms with Crippen LogP contribution in [-0.2, 0) is 4.74 Å². The number of rotatable bonds is 2. The molecule has 0 saturated heterocycles. The molecule has 0 unspecified atom stereocenters. The lowest BCUT2D eigenvalue weighted by Gasteiger charge is -2.23. The van der Waals surface area contributed by atoms with Crippen molar-refractivity contribution in [2.45, 2.75) is 26.4 Å². The molecule has 112 valence electrons. The molecule has 2 aromatic rings. The van der Waals surface area contributed by atoms with Gasteiger partial charge in [0.15, 0.2) is 0 Å². The minimum absolute atomic E-state index is 0.412. The fourth-order valence-electron chi connectivity index (χ4n) is 1.53. The largest absolute Gasteiger partial charge is 0.443 e. The molecule has 0 saturated carbocycles. The first-order valence-electron chi connectivity index (χ1n) is 6.31. The van der Waals surface area contributed by atoms with E-state index in [-0.39, 0.29) is 0 Å². The van der Waals surface area contributed by atoms with Gasteiger partial charge in [-0.25, -0.2) is 9.78 Å². The molecular formula is C14H16BrN3O2S. The number of nitrogens with zero attached hydrogens (tertiary/aromatic N) is 3. The van der Waals surface area contributed by atoms with Crippen molar-refractivity contribution in [3.63, 3.8) is 0 Å². The number of anilines is 1. The van der Waals surface area contributed by atoms with Gasteiger partial charge >= 0.3 is 6.09 Å². The quantitative estimate of drug-likeness (QED) is 0.789. The van der Waals surface area contributed by atoms with Gasteiger partial charge in [0.05, 0.1) is 0 Å². The maximum atomic E-state index is 12.1. The van der Waals surface area contributed by atoms with Gasteiger partial charge in [-0.2, -0.15) is 0 Å². The molecule has 0 aliphatic heterocycles. The number of carbonyl (C=O) groups is 1. The summed E-state index contributed by atoms with van der Waals surface area (Å²) in [6.45, 7) is 5.50. The Hall–Kier alpha value is -1.47. The van der Waals surface area contributed by atoms with E-state index in [4.69, 9.17) is 4.74 Å². The second-order valence-corrected chi connectivity index (χ2v) is 7.12. The molecule has 21 heavy (non-hydrogen) atoms. The smallest absolute Gasteiger partial charge is 0.415 e. The molecule has 5 nitrogen and oxygen atoms in total. The monoisotopic (exact) mass is 369 g/mol. The van der Waals surface area contributed by atoms with Crippen molar-refractivity contribution < 1.29 is 9.53 Å². The second-order valence-electron chi connectivity index (χ2n) is 5.40. The summed E-state index contributed by atoms with van der Waals surface area (Å²) in [6.07, 6.45) is 3.03. The number of hydrogen-bond acceptors (Lipinski definition) is 5. The standard InChI is InChI=1S/C14H16BrN3O2S/c1-14(2,3)20-13(19)18(4)12-10(15)17-11(21-12)9-6-5-7-16-8-9/h5-8H,1-4H3. The molecule has 0 fully saturated rings. The van der Waals surface area contributed by atoms with E-state index in [0.29, 0.717) is 9.60 Å². The molecule has 0 bridgehead atoms. The highest BCUT2D eigenvalue weighted by molar-refractivity contribution is 9.10. The Bertz CT molecular complexity index is 637. The van der Waals surface area contributed by atoms with E-state index in [1.807, 2.05) is 32.9 Å². The van der Waals surface area contributed by atoms with Crippen LogP contribution in [0.15, 0.2) is 29.1 Å². The van der Waals surface area contributed by atoms with E-state index < -0.39 is 11.7 Å². The SMILES string of the molecule is CN(C(=O)OC(C)(C)C)c1sc(-c2cccnc2)nc1Br. The topological polar surface area (TPSA) is 55.3 Å². The first-order valence-corrected chi connectivity index (χ1v) is 7.92. The minimum Gasteiger partial charge on any atom is -0.443 e. The third kappa shape index (κ3) is 4.01. The molecule has 2 rings (SSSR count). The average molecular weight is 370 g/mol. The fraction of sp³-hybridized carbons (Fsp3) is 0.357. The summed E-state index contributed by atoms with van der Waals surface area (Å²) in [6, 6.07) is 3.78. The highest BCUT2D eigenvalue weighted by Crippen LogP contribution is 2.37. The van der Waals surface area contributed by atoms with Gasteiger partial charge in [0.2, 0.25) is 0 Å². The maximum Gasteiger partial charge on any atom is 0.415 e. The maximum absolute atomic E-state index is 12.1. The summed E-state index contributed by atoms with van der Waals surface area (Å²) in [5.74, 6) is 0. The summed E-state index contributed by atoms with van der Waals surface area (Å²) in [7, 11) is 1.67. The normalized spacial score (nSPS) is 11.3. The van der Waals surface area contributed by atoms with Crippen molar-refractivity contribution in [2.75, 3.05) is 11.9 Å². The molecule has 2 aromatic heterocycles. The number of pyridine rings is 1. The van der Waals surface area contributed by atoms with Gasteiger partial charge in [-0.1, -0.05) is 11.3 Å². The first kappa shape index (κ1) is 15.9. The van der Waals surface area contributed by atoms with Crippen molar-refractivity contribution in [1.82, 2.24) is 9.97 Å². The van der Waals surface area contributed by atoms with Gasteiger partial charge in [0.1, 0.15) is 20.2 Å². The predicted molar refractivity (Wildman–Crippen MR) is 87.7 cm³/mol. The molecule has 1 amide bonds. The van der Waals surface area contributed by atoms with Crippen molar-refractivity contribution in [2.24, 2.45) is 0 Å². The Morgan fingerprint density at radius 1 is 1.43 bits per heavy atom. The fourth-order valence-corrected chi connectivity index (χ4v) is 3.23. The van der Waals surface area contributed by atoms with Gasteiger partial charge in [-0.05, 0) is 48.8 Å². The summed E-state index contributed by atoms with van der Waals surface area (Å²) in [5.41, 5.74) is 0.376. The number of amides is 1. The zero-order valence-electron chi connectivity index (χ0n) is 12.3. The number of hydrogen-bond donors (Lipinski definition) is 0. The van der Waals surface area contributed by atoms with Crippen LogP contribution < -0.4 is 4.90 Å². The molecule has 0 radical (unpaired) electrons. The first-order chi connectivity index (χ1) is 9.78. The molecular weight excluding hydrogens is 354 g/mol. The molecule has 2 heterocycles. The Morgan fingerprint density at radius 3 is 2.71 bits per heavy atom. The Labute approximate surface area is 136 Å². The predicted octanol–water partition coefficient (Wildman–Crippen LogP) is 4.34. The van der Waals surface area contributed by atoms with Crippen LogP contribution in [0.5, 0.6) is 0 Å².